The molecule has 3 rings (SSSR count). The van der Waals surface area contributed by atoms with E-state index in [1.54, 1.807) is 0 Å². The first-order valence-electron chi connectivity index (χ1n) is 9.03. The van der Waals surface area contributed by atoms with Gasteiger partial charge in [-0.15, -0.1) is 0 Å². The summed E-state index contributed by atoms with van der Waals surface area (Å²) in [6, 6.07) is 0. The molecule has 0 aromatic heterocycles. The van der Waals surface area contributed by atoms with Crippen LogP contribution in [-0.4, -0.2) is 95.6 Å². The number of methoxy groups -OCH3 is 1. The van der Waals surface area contributed by atoms with Crippen molar-refractivity contribution in [2.75, 3.05) is 52.3 Å². The molecule has 3 heterocycles. The van der Waals surface area contributed by atoms with Crippen LogP contribution < -0.4 is 0 Å². The molecule has 0 aromatic carbocycles. The summed E-state index contributed by atoms with van der Waals surface area (Å²) in [6.45, 7) is -0.638. The summed E-state index contributed by atoms with van der Waals surface area (Å²) in [4.78, 5) is 0. The van der Waals surface area contributed by atoms with E-state index in [0.29, 0.717) is 0 Å². The van der Waals surface area contributed by atoms with Gasteiger partial charge in [-0.25, -0.2) is 0 Å². The minimum atomic E-state index is -3.80. The minimum Gasteiger partial charge on any atom is -0.365 e. The van der Waals surface area contributed by atoms with Crippen LogP contribution in [0, 0.1) is 23.7 Å². The van der Waals surface area contributed by atoms with Gasteiger partial charge >= 0.3 is 0 Å². The summed E-state index contributed by atoms with van der Waals surface area (Å²) in [5.74, 6) is -2.13. The number of hydrogen-bond donors (Lipinski definition) is 0. The molecule has 12 nitrogen and oxygen atoms in total. The van der Waals surface area contributed by atoms with E-state index in [2.05, 4.69) is 0 Å². The lowest BCUT2D eigenvalue weighted by atomic mass is 9.63. The molecule has 3 fully saturated rings. The summed E-state index contributed by atoms with van der Waals surface area (Å²) >= 11 is 0. The third-order valence-electron chi connectivity index (χ3n) is 5.80. The lowest BCUT2D eigenvalue weighted by Crippen LogP contribution is -2.55. The van der Waals surface area contributed by atoms with Crippen LogP contribution in [0.15, 0.2) is 0 Å². The van der Waals surface area contributed by atoms with Crippen LogP contribution in [-0.2, 0) is 57.1 Å². The predicted molar refractivity (Wildman–Crippen MR) is 101 cm³/mol. The Bertz CT molecular complexity index is 959. The van der Waals surface area contributed by atoms with Gasteiger partial charge in [0.05, 0.1) is 51.3 Å². The quantitative estimate of drug-likeness (QED) is 0.325. The van der Waals surface area contributed by atoms with E-state index in [1.165, 1.54) is 7.11 Å². The average Bonchev–Trinajstić information content (AvgIpc) is 3.19. The van der Waals surface area contributed by atoms with Crippen molar-refractivity contribution < 1.29 is 52.0 Å². The Morgan fingerprint density at radius 1 is 0.833 bits per heavy atom. The largest absolute Gasteiger partial charge is 0.365 e. The van der Waals surface area contributed by atoms with Gasteiger partial charge < -0.3 is 14.2 Å². The molecular weight excluding hydrogens is 468 g/mol. The summed E-state index contributed by atoms with van der Waals surface area (Å²) in [7, 11) is -9.93. The number of ether oxygens (including phenoxy) is 3. The molecule has 0 aromatic rings. The molecule has 176 valence electrons. The van der Waals surface area contributed by atoms with Crippen LogP contribution in [0.2, 0.25) is 0 Å². The molecule has 1 spiro atoms. The second kappa shape index (κ2) is 8.19. The van der Waals surface area contributed by atoms with Crippen LogP contribution >= 0.6 is 0 Å². The molecule has 0 saturated carbocycles. The molecule has 0 N–H and O–H groups in total. The second-order valence-electron chi connectivity index (χ2n) is 7.84. The van der Waals surface area contributed by atoms with Gasteiger partial charge in [0.25, 0.3) is 30.4 Å². The monoisotopic (exact) mass is 494 g/mol. The summed E-state index contributed by atoms with van der Waals surface area (Å²) in [5.41, 5.74) is -1.17. The van der Waals surface area contributed by atoms with E-state index in [1.807, 2.05) is 0 Å². The maximum Gasteiger partial charge on any atom is 0.264 e. The summed E-state index contributed by atoms with van der Waals surface area (Å²) < 4.78 is 102. The number of hydrogen-bond acceptors (Lipinski definition) is 12. The standard InChI is InChI=1S/C15H26O12S3/c1-22-14-15-11(7-23-14)9(5-24-28(2,16)17)13(27-15)10(6-25-29(3,18)19)12(15)8-26-30(4,20)21/h9-14H,5-8H2,1-4H3/t9-,10+,11+,12-,13-,14?,15+/m1/s1. The van der Waals surface area contributed by atoms with Crippen molar-refractivity contribution in [2.45, 2.75) is 18.0 Å². The van der Waals surface area contributed by atoms with E-state index in [0.717, 1.165) is 18.8 Å². The molecule has 3 aliphatic rings. The maximum absolute atomic E-state index is 11.6. The van der Waals surface area contributed by atoms with Crippen molar-refractivity contribution in [1.29, 1.82) is 0 Å². The fraction of sp³-hybridized carbons (Fsp3) is 1.00. The van der Waals surface area contributed by atoms with E-state index in [9.17, 15) is 25.3 Å². The normalized spacial score (nSPS) is 38.8. The fourth-order valence-corrected chi connectivity index (χ4v) is 6.02. The number of fused-ring (bicyclic) bond motifs is 1. The Morgan fingerprint density at radius 2 is 1.33 bits per heavy atom. The van der Waals surface area contributed by atoms with Crippen LogP contribution in [0.25, 0.3) is 0 Å². The van der Waals surface area contributed by atoms with E-state index < -0.39 is 66.1 Å². The zero-order valence-electron chi connectivity index (χ0n) is 16.9. The maximum atomic E-state index is 11.6. The van der Waals surface area contributed by atoms with Crippen LogP contribution in [0.4, 0.5) is 0 Å². The van der Waals surface area contributed by atoms with Gasteiger partial charge in [-0.1, -0.05) is 0 Å². The first kappa shape index (κ1) is 24.3. The molecule has 0 amide bonds. The fourth-order valence-electron chi connectivity index (χ4n) is 4.81. The van der Waals surface area contributed by atoms with Gasteiger partial charge in [0.2, 0.25) is 0 Å². The lowest BCUT2D eigenvalue weighted by Gasteiger charge is -2.41. The van der Waals surface area contributed by atoms with Gasteiger partial charge in [-0.2, -0.15) is 25.3 Å². The Hall–Kier alpha value is -0.390. The highest BCUT2D eigenvalue weighted by Crippen LogP contribution is 2.62. The zero-order chi connectivity index (χ0) is 22.5. The molecule has 15 heteroatoms. The summed E-state index contributed by atoms with van der Waals surface area (Å²) in [5, 5.41) is 0. The molecule has 2 bridgehead atoms. The van der Waals surface area contributed by atoms with Gasteiger partial charge in [-0.05, 0) is 0 Å². The highest BCUT2D eigenvalue weighted by Gasteiger charge is 2.74. The van der Waals surface area contributed by atoms with E-state index in [4.69, 9.17) is 26.8 Å². The Labute approximate surface area is 176 Å². The van der Waals surface area contributed by atoms with Crippen molar-refractivity contribution in [3.8, 4) is 0 Å². The molecule has 3 aliphatic heterocycles. The van der Waals surface area contributed by atoms with Gasteiger partial charge in [-0.3, -0.25) is 12.5 Å². The summed E-state index contributed by atoms with van der Waals surface area (Å²) in [6.07, 6.45) is 1.16. The average molecular weight is 495 g/mol. The SMILES string of the molecule is COC1OC[C@H]2[C@@H](COS(C)(=O)=O)[C@H]3O[C@@]12[C@H](COS(C)(=O)=O)[C@@H]3COS(C)(=O)=O. The molecule has 1 unspecified atom stereocenters. The van der Waals surface area contributed by atoms with E-state index >= 15 is 0 Å². The van der Waals surface area contributed by atoms with Crippen molar-refractivity contribution in [1.82, 2.24) is 0 Å². The van der Waals surface area contributed by atoms with Crippen LogP contribution in [0.5, 0.6) is 0 Å². The Kier molecular flexibility index (Phi) is 6.62. The topological polar surface area (TPSA) is 158 Å². The molecular formula is C15H26O12S3. The molecule has 7 atom stereocenters. The van der Waals surface area contributed by atoms with Crippen molar-refractivity contribution >= 4 is 30.4 Å². The predicted octanol–water partition coefficient (Wildman–Crippen LogP) is -1.47. The Morgan fingerprint density at radius 3 is 1.83 bits per heavy atom. The third kappa shape index (κ3) is 4.83. The molecule has 0 radical (unpaired) electrons. The first-order valence-corrected chi connectivity index (χ1v) is 14.5. The zero-order valence-corrected chi connectivity index (χ0v) is 19.4. The third-order valence-corrected chi connectivity index (χ3v) is 7.49. The van der Waals surface area contributed by atoms with Crippen LogP contribution in [0.1, 0.15) is 0 Å². The Balaban J connectivity index is 1.96. The highest BCUT2D eigenvalue weighted by atomic mass is 32.2. The van der Waals surface area contributed by atoms with Gasteiger partial charge in [0, 0.05) is 30.8 Å². The van der Waals surface area contributed by atoms with Crippen molar-refractivity contribution in [3.63, 3.8) is 0 Å². The number of rotatable bonds is 10. The minimum absolute atomic E-state index is 0.168. The lowest BCUT2D eigenvalue weighted by molar-refractivity contribution is -0.197. The van der Waals surface area contributed by atoms with Crippen molar-refractivity contribution in [3.05, 3.63) is 0 Å². The van der Waals surface area contributed by atoms with Crippen LogP contribution in [0.3, 0.4) is 0 Å². The molecule has 30 heavy (non-hydrogen) atoms. The smallest absolute Gasteiger partial charge is 0.264 e. The van der Waals surface area contributed by atoms with E-state index in [-0.39, 0.29) is 32.3 Å². The second-order valence-corrected chi connectivity index (χ2v) is 12.8. The molecule has 0 aliphatic carbocycles. The van der Waals surface area contributed by atoms with Gasteiger partial charge in [0.1, 0.15) is 5.60 Å². The highest BCUT2D eigenvalue weighted by molar-refractivity contribution is 7.86. The van der Waals surface area contributed by atoms with Crippen molar-refractivity contribution in [2.24, 2.45) is 23.7 Å². The van der Waals surface area contributed by atoms with Gasteiger partial charge in [0.15, 0.2) is 6.29 Å². The molecule has 3 saturated heterocycles. The first-order chi connectivity index (χ1) is 13.7.